The Hall–Kier alpha value is -2.22. The summed E-state index contributed by atoms with van der Waals surface area (Å²) in [6, 6.07) is 9.36. The maximum atomic E-state index is 12.0. The maximum Gasteiger partial charge on any atom is 0.273 e. The van der Waals surface area contributed by atoms with E-state index in [9.17, 15) is 13.2 Å². The van der Waals surface area contributed by atoms with E-state index in [0.29, 0.717) is 13.0 Å². The fourth-order valence-corrected chi connectivity index (χ4v) is 4.30. The van der Waals surface area contributed by atoms with Gasteiger partial charge in [-0.3, -0.25) is 4.79 Å². The Kier molecular flexibility index (Phi) is 3.93. The van der Waals surface area contributed by atoms with Gasteiger partial charge in [-0.05, 0) is 24.5 Å². The summed E-state index contributed by atoms with van der Waals surface area (Å²) >= 11 is 0. The molecule has 0 aliphatic carbocycles. The number of hydrogen-bond acceptors (Lipinski definition) is 5. The molecule has 22 heavy (non-hydrogen) atoms. The molecular formula is C14H16N4O3S. The number of benzene rings is 1. The van der Waals surface area contributed by atoms with Gasteiger partial charge in [-0.2, -0.15) is 0 Å². The number of aromatic nitrogens is 3. The highest BCUT2D eigenvalue weighted by molar-refractivity contribution is 7.91. The second kappa shape index (κ2) is 5.88. The lowest BCUT2D eigenvalue weighted by Gasteiger charge is -2.07. The molecule has 0 saturated carbocycles. The molecule has 1 amide bonds. The zero-order valence-electron chi connectivity index (χ0n) is 11.8. The lowest BCUT2D eigenvalue weighted by Crippen LogP contribution is -2.30. The SMILES string of the molecule is O=C(NC[C@H]1CCS(=O)(=O)C1)c1cn(-c2ccccc2)nn1. The van der Waals surface area contributed by atoms with E-state index in [1.54, 1.807) is 6.20 Å². The van der Waals surface area contributed by atoms with Gasteiger partial charge in [0.1, 0.15) is 0 Å². The minimum Gasteiger partial charge on any atom is -0.350 e. The molecule has 116 valence electrons. The van der Waals surface area contributed by atoms with Crippen LogP contribution in [0.4, 0.5) is 0 Å². The first kappa shape index (κ1) is 14.7. The Bertz CT molecular complexity index is 770. The van der Waals surface area contributed by atoms with Crippen LogP contribution in [0.3, 0.4) is 0 Å². The average molecular weight is 320 g/mol. The minimum absolute atomic E-state index is 0.0156. The molecule has 3 rings (SSSR count). The Morgan fingerprint density at radius 1 is 1.32 bits per heavy atom. The number of nitrogens with one attached hydrogen (secondary N) is 1. The molecule has 1 saturated heterocycles. The normalized spacial score (nSPS) is 19.9. The van der Waals surface area contributed by atoms with Gasteiger partial charge in [-0.25, -0.2) is 13.1 Å². The minimum atomic E-state index is -2.92. The number of hydrogen-bond donors (Lipinski definition) is 1. The molecule has 2 aromatic rings. The molecule has 0 unspecified atom stereocenters. The van der Waals surface area contributed by atoms with E-state index >= 15 is 0 Å². The van der Waals surface area contributed by atoms with Crippen LogP contribution in [0, 0.1) is 5.92 Å². The largest absolute Gasteiger partial charge is 0.350 e. The van der Waals surface area contributed by atoms with Crippen molar-refractivity contribution in [1.82, 2.24) is 20.3 Å². The number of para-hydroxylation sites is 1. The van der Waals surface area contributed by atoms with Crippen molar-refractivity contribution in [2.45, 2.75) is 6.42 Å². The van der Waals surface area contributed by atoms with Crippen LogP contribution >= 0.6 is 0 Å². The van der Waals surface area contributed by atoms with Gasteiger partial charge < -0.3 is 5.32 Å². The van der Waals surface area contributed by atoms with Gasteiger partial charge in [0.2, 0.25) is 0 Å². The molecule has 1 aromatic carbocycles. The van der Waals surface area contributed by atoms with Crippen LogP contribution in [-0.4, -0.2) is 47.4 Å². The highest BCUT2D eigenvalue weighted by Gasteiger charge is 2.28. The van der Waals surface area contributed by atoms with Crippen molar-refractivity contribution in [2.24, 2.45) is 5.92 Å². The molecule has 0 radical (unpaired) electrons. The van der Waals surface area contributed by atoms with Crippen molar-refractivity contribution in [3.05, 3.63) is 42.2 Å². The third-order valence-electron chi connectivity index (χ3n) is 3.62. The van der Waals surface area contributed by atoms with Gasteiger partial charge in [-0.15, -0.1) is 5.10 Å². The van der Waals surface area contributed by atoms with E-state index in [0.717, 1.165) is 5.69 Å². The molecule has 1 fully saturated rings. The van der Waals surface area contributed by atoms with E-state index < -0.39 is 9.84 Å². The van der Waals surface area contributed by atoms with E-state index in [4.69, 9.17) is 0 Å². The van der Waals surface area contributed by atoms with Gasteiger partial charge in [0, 0.05) is 6.54 Å². The fraction of sp³-hybridized carbons (Fsp3) is 0.357. The molecule has 8 heteroatoms. The zero-order chi connectivity index (χ0) is 15.6. The third kappa shape index (κ3) is 3.33. The summed E-state index contributed by atoms with van der Waals surface area (Å²) in [5.41, 5.74) is 1.03. The lowest BCUT2D eigenvalue weighted by molar-refractivity contribution is 0.0943. The van der Waals surface area contributed by atoms with Crippen LogP contribution < -0.4 is 5.32 Å². The third-order valence-corrected chi connectivity index (χ3v) is 5.46. The van der Waals surface area contributed by atoms with Crippen molar-refractivity contribution in [2.75, 3.05) is 18.1 Å². The smallest absolute Gasteiger partial charge is 0.273 e. The van der Waals surface area contributed by atoms with Crippen LogP contribution in [0.15, 0.2) is 36.5 Å². The summed E-state index contributed by atoms with van der Waals surface area (Å²) < 4.78 is 24.3. The van der Waals surface area contributed by atoms with Crippen molar-refractivity contribution >= 4 is 15.7 Å². The Balaban J connectivity index is 1.60. The first-order chi connectivity index (χ1) is 10.5. The number of rotatable bonds is 4. The van der Waals surface area contributed by atoms with Gasteiger partial charge in [-0.1, -0.05) is 23.4 Å². The van der Waals surface area contributed by atoms with E-state index in [1.807, 2.05) is 30.3 Å². The van der Waals surface area contributed by atoms with Gasteiger partial charge >= 0.3 is 0 Å². The monoisotopic (exact) mass is 320 g/mol. The quantitative estimate of drug-likeness (QED) is 0.882. The van der Waals surface area contributed by atoms with Gasteiger partial charge in [0.05, 0.1) is 23.4 Å². The summed E-state index contributed by atoms with van der Waals surface area (Å²) in [5.74, 6) is -0.00793. The second-order valence-electron chi connectivity index (χ2n) is 5.36. The Morgan fingerprint density at radius 2 is 2.09 bits per heavy atom. The topological polar surface area (TPSA) is 94.0 Å². The van der Waals surface area contributed by atoms with E-state index in [-0.39, 0.29) is 29.0 Å². The molecule has 1 aliphatic rings. The maximum absolute atomic E-state index is 12.0. The molecule has 1 aliphatic heterocycles. The predicted octanol–water partition coefficient (Wildman–Crippen LogP) is 0.432. The summed E-state index contributed by atoms with van der Waals surface area (Å²) in [5, 5.41) is 10.5. The van der Waals surface area contributed by atoms with Crippen LogP contribution in [0.1, 0.15) is 16.9 Å². The first-order valence-electron chi connectivity index (χ1n) is 7.00. The molecule has 1 N–H and O–H groups in total. The summed E-state index contributed by atoms with van der Waals surface area (Å²) in [6.07, 6.45) is 2.15. The molecule has 0 bridgehead atoms. The van der Waals surface area contributed by atoms with Crippen molar-refractivity contribution in [3.63, 3.8) is 0 Å². The standard InChI is InChI=1S/C14H16N4O3S/c19-14(15-8-11-6-7-22(20,21)10-11)13-9-18(17-16-13)12-4-2-1-3-5-12/h1-5,9,11H,6-8,10H2,(H,15,19)/t11-/m1/s1. The number of amides is 1. The Labute approximate surface area is 128 Å². The molecule has 0 spiro atoms. The van der Waals surface area contributed by atoms with Crippen LogP contribution in [0.2, 0.25) is 0 Å². The number of nitrogens with zero attached hydrogens (tertiary/aromatic N) is 3. The summed E-state index contributed by atoms with van der Waals surface area (Å²) in [6.45, 7) is 0.344. The molecule has 2 heterocycles. The highest BCUT2D eigenvalue weighted by atomic mass is 32.2. The van der Waals surface area contributed by atoms with Crippen molar-refractivity contribution < 1.29 is 13.2 Å². The number of sulfone groups is 1. The highest BCUT2D eigenvalue weighted by Crippen LogP contribution is 2.17. The number of carbonyl (C=O) groups excluding carboxylic acids is 1. The number of carbonyl (C=O) groups is 1. The van der Waals surface area contributed by atoms with E-state index in [1.165, 1.54) is 4.68 Å². The molecule has 1 atom stereocenters. The predicted molar refractivity (Wildman–Crippen MR) is 80.5 cm³/mol. The van der Waals surface area contributed by atoms with Crippen molar-refractivity contribution in [3.8, 4) is 5.69 Å². The van der Waals surface area contributed by atoms with Crippen LogP contribution in [0.25, 0.3) is 5.69 Å². The van der Waals surface area contributed by atoms with Crippen LogP contribution in [0.5, 0.6) is 0 Å². The molecule has 1 aromatic heterocycles. The fourth-order valence-electron chi connectivity index (χ4n) is 2.44. The lowest BCUT2D eigenvalue weighted by atomic mass is 10.1. The zero-order valence-corrected chi connectivity index (χ0v) is 12.7. The first-order valence-corrected chi connectivity index (χ1v) is 8.82. The second-order valence-corrected chi connectivity index (χ2v) is 7.59. The van der Waals surface area contributed by atoms with Gasteiger partial charge in [0.25, 0.3) is 5.91 Å². The van der Waals surface area contributed by atoms with Gasteiger partial charge in [0.15, 0.2) is 15.5 Å². The molecular weight excluding hydrogens is 304 g/mol. The van der Waals surface area contributed by atoms with Crippen LogP contribution in [-0.2, 0) is 9.84 Å². The summed E-state index contributed by atoms with van der Waals surface area (Å²) in [4.78, 5) is 12.0. The van der Waals surface area contributed by atoms with E-state index in [2.05, 4.69) is 15.6 Å². The van der Waals surface area contributed by atoms with Crippen molar-refractivity contribution in [1.29, 1.82) is 0 Å². The summed E-state index contributed by atoms with van der Waals surface area (Å²) in [7, 11) is -2.92. The Morgan fingerprint density at radius 3 is 2.77 bits per heavy atom. The average Bonchev–Trinajstić information content (AvgIpc) is 3.12. The molecule has 7 nitrogen and oxygen atoms in total.